The monoisotopic (exact) mass is 222 g/mol. The topological polar surface area (TPSA) is 49.5 Å². The average molecular weight is 222 g/mol. The number of rotatable bonds is 6. The van der Waals surface area contributed by atoms with Crippen molar-refractivity contribution in [2.75, 3.05) is 24.6 Å². The molecule has 0 amide bonds. The van der Waals surface area contributed by atoms with E-state index in [9.17, 15) is 0 Å². The molecule has 0 unspecified atom stereocenters. The quantitative estimate of drug-likeness (QED) is 0.769. The van der Waals surface area contributed by atoms with E-state index in [1.807, 2.05) is 0 Å². The minimum absolute atomic E-state index is 0.178. The van der Waals surface area contributed by atoms with Gasteiger partial charge in [0.1, 0.15) is 0 Å². The third-order valence-electron chi connectivity index (χ3n) is 2.66. The van der Waals surface area contributed by atoms with Crippen LogP contribution in [0.4, 0.5) is 5.69 Å². The third-order valence-corrected chi connectivity index (χ3v) is 2.66. The van der Waals surface area contributed by atoms with Crippen molar-refractivity contribution in [2.45, 2.75) is 26.8 Å². The first kappa shape index (κ1) is 13.0. The molecule has 1 aromatic rings. The van der Waals surface area contributed by atoms with E-state index in [2.05, 4.69) is 36.9 Å². The van der Waals surface area contributed by atoms with Crippen LogP contribution in [0.5, 0.6) is 0 Å². The first-order chi connectivity index (χ1) is 7.72. The number of aliphatic hydroxyl groups is 1. The summed E-state index contributed by atoms with van der Waals surface area (Å²) in [5, 5.41) is 9.07. The molecule has 0 atom stereocenters. The van der Waals surface area contributed by atoms with Gasteiger partial charge in [-0.15, -0.1) is 0 Å². The summed E-state index contributed by atoms with van der Waals surface area (Å²) in [5.74, 6) is 0. The third kappa shape index (κ3) is 3.22. The Morgan fingerprint density at radius 3 is 2.62 bits per heavy atom. The molecular weight excluding hydrogens is 200 g/mol. The van der Waals surface area contributed by atoms with Crippen molar-refractivity contribution >= 4 is 5.69 Å². The van der Waals surface area contributed by atoms with E-state index in [0.717, 1.165) is 24.2 Å². The summed E-state index contributed by atoms with van der Waals surface area (Å²) < 4.78 is 0. The lowest BCUT2D eigenvalue weighted by Crippen LogP contribution is -2.28. The highest BCUT2D eigenvalue weighted by Gasteiger charge is 2.09. The van der Waals surface area contributed by atoms with Gasteiger partial charge in [-0.05, 0) is 25.0 Å². The maximum atomic E-state index is 9.07. The van der Waals surface area contributed by atoms with Crippen LogP contribution in [0, 0.1) is 6.92 Å². The largest absolute Gasteiger partial charge is 0.395 e. The van der Waals surface area contributed by atoms with Gasteiger partial charge in [-0.3, -0.25) is 0 Å². The van der Waals surface area contributed by atoms with Crippen LogP contribution in [0.25, 0.3) is 0 Å². The Labute approximate surface area is 97.9 Å². The molecule has 0 saturated carbocycles. The molecule has 0 fully saturated rings. The average Bonchev–Trinajstić information content (AvgIpc) is 2.28. The molecule has 0 aliphatic heterocycles. The lowest BCUT2D eigenvalue weighted by Gasteiger charge is -2.26. The zero-order valence-electron chi connectivity index (χ0n) is 10.2. The molecule has 0 radical (unpaired) electrons. The Kier molecular flexibility index (Phi) is 5.29. The van der Waals surface area contributed by atoms with Crippen molar-refractivity contribution in [3.63, 3.8) is 0 Å². The van der Waals surface area contributed by atoms with Gasteiger partial charge in [-0.2, -0.15) is 0 Å². The summed E-state index contributed by atoms with van der Waals surface area (Å²) in [6.45, 7) is 6.56. The highest BCUT2D eigenvalue weighted by molar-refractivity contribution is 5.55. The van der Waals surface area contributed by atoms with Crippen molar-refractivity contribution in [3.8, 4) is 0 Å². The number of hydrogen-bond acceptors (Lipinski definition) is 3. The minimum Gasteiger partial charge on any atom is -0.395 e. The maximum absolute atomic E-state index is 9.07. The fourth-order valence-electron chi connectivity index (χ4n) is 1.93. The van der Waals surface area contributed by atoms with Gasteiger partial charge >= 0.3 is 0 Å². The number of aliphatic hydroxyl groups excluding tert-OH is 1. The van der Waals surface area contributed by atoms with E-state index in [0.29, 0.717) is 13.1 Å². The van der Waals surface area contributed by atoms with Crippen LogP contribution in [0.1, 0.15) is 24.5 Å². The van der Waals surface area contributed by atoms with Crippen LogP contribution in [-0.4, -0.2) is 24.8 Å². The molecule has 0 aliphatic rings. The van der Waals surface area contributed by atoms with Crippen molar-refractivity contribution in [2.24, 2.45) is 5.73 Å². The highest BCUT2D eigenvalue weighted by Crippen LogP contribution is 2.21. The summed E-state index contributed by atoms with van der Waals surface area (Å²) in [6, 6.07) is 6.31. The summed E-state index contributed by atoms with van der Waals surface area (Å²) in [6.07, 6.45) is 1.07. The van der Waals surface area contributed by atoms with Gasteiger partial charge in [-0.1, -0.05) is 24.6 Å². The van der Waals surface area contributed by atoms with Crippen LogP contribution >= 0.6 is 0 Å². The smallest absolute Gasteiger partial charge is 0.0606 e. The van der Waals surface area contributed by atoms with E-state index in [1.165, 1.54) is 5.56 Å². The molecule has 0 heterocycles. The maximum Gasteiger partial charge on any atom is 0.0606 e. The highest BCUT2D eigenvalue weighted by atomic mass is 16.3. The van der Waals surface area contributed by atoms with Gasteiger partial charge < -0.3 is 15.7 Å². The van der Waals surface area contributed by atoms with Gasteiger partial charge in [0.2, 0.25) is 0 Å². The lowest BCUT2D eigenvalue weighted by atomic mass is 10.1. The molecule has 0 aliphatic carbocycles. The summed E-state index contributed by atoms with van der Waals surface area (Å²) in [5.41, 5.74) is 9.30. The van der Waals surface area contributed by atoms with E-state index in [1.54, 1.807) is 0 Å². The molecule has 3 N–H and O–H groups in total. The van der Waals surface area contributed by atoms with E-state index in [4.69, 9.17) is 10.8 Å². The standard InChI is InChI=1S/C13H22N2O/c1-3-6-15(7-8-16)13-5-4-11(2)9-12(13)10-14/h4-5,9,16H,3,6-8,10,14H2,1-2H3. The number of nitrogens with two attached hydrogens (primary N) is 1. The Hall–Kier alpha value is -1.06. The van der Waals surface area contributed by atoms with Crippen molar-refractivity contribution in [1.29, 1.82) is 0 Å². The van der Waals surface area contributed by atoms with Crippen LogP contribution in [0.2, 0.25) is 0 Å². The number of benzene rings is 1. The van der Waals surface area contributed by atoms with Crippen LogP contribution in [0.15, 0.2) is 18.2 Å². The molecule has 3 nitrogen and oxygen atoms in total. The molecule has 0 spiro atoms. The first-order valence-electron chi connectivity index (χ1n) is 5.88. The molecule has 3 heteroatoms. The number of anilines is 1. The van der Waals surface area contributed by atoms with Crippen LogP contribution < -0.4 is 10.6 Å². The van der Waals surface area contributed by atoms with E-state index < -0.39 is 0 Å². The molecule has 0 aromatic heterocycles. The van der Waals surface area contributed by atoms with Gasteiger partial charge in [0.25, 0.3) is 0 Å². The zero-order chi connectivity index (χ0) is 12.0. The van der Waals surface area contributed by atoms with Crippen molar-refractivity contribution in [3.05, 3.63) is 29.3 Å². The first-order valence-corrected chi connectivity index (χ1v) is 5.88. The predicted octanol–water partition coefficient (Wildman–Crippen LogP) is 1.66. The molecule has 1 aromatic carbocycles. The van der Waals surface area contributed by atoms with Gasteiger partial charge in [0.15, 0.2) is 0 Å². The molecule has 16 heavy (non-hydrogen) atoms. The van der Waals surface area contributed by atoms with Crippen molar-refractivity contribution < 1.29 is 5.11 Å². The normalized spacial score (nSPS) is 10.5. The second-order valence-electron chi connectivity index (χ2n) is 4.05. The van der Waals surface area contributed by atoms with Gasteiger partial charge in [0.05, 0.1) is 6.61 Å². The fourth-order valence-corrected chi connectivity index (χ4v) is 1.93. The molecular formula is C13H22N2O. The second kappa shape index (κ2) is 6.51. The SMILES string of the molecule is CCCN(CCO)c1ccc(C)cc1CN. The Bertz CT molecular complexity index is 320. The lowest BCUT2D eigenvalue weighted by molar-refractivity contribution is 0.301. The molecule has 1 rings (SSSR count). The Morgan fingerprint density at radius 1 is 1.31 bits per heavy atom. The van der Waals surface area contributed by atoms with Crippen LogP contribution in [-0.2, 0) is 6.54 Å². The number of nitrogens with zero attached hydrogens (tertiary/aromatic N) is 1. The minimum atomic E-state index is 0.178. The van der Waals surface area contributed by atoms with Crippen molar-refractivity contribution in [1.82, 2.24) is 0 Å². The summed E-state index contributed by atoms with van der Waals surface area (Å²) in [7, 11) is 0. The molecule has 0 bridgehead atoms. The predicted molar refractivity (Wildman–Crippen MR) is 68.7 cm³/mol. The second-order valence-corrected chi connectivity index (χ2v) is 4.05. The Balaban J connectivity index is 2.97. The van der Waals surface area contributed by atoms with E-state index >= 15 is 0 Å². The fraction of sp³-hybridized carbons (Fsp3) is 0.538. The number of aryl methyl sites for hydroxylation is 1. The Morgan fingerprint density at radius 2 is 2.06 bits per heavy atom. The van der Waals surface area contributed by atoms with Gasteiger partial charge in [-0.25, -0.2) is 0 Å². The zero-order valence-corrected chi connectivity index (χ0v) is 10.2. The molecule has 90 valence electrons. The van der Waals surface area contributed by atoms with E-state index in [-0.39, 0.29) is 6.61 Å². The summed E-state index contributed by atoms with van der Waals surface area (Å²) >= 11 is 0. The van der Waals surface area contributed by atoms with Crippen LogP contribution in [0.3, 0.4) is 0 Å². The molecule has 0 saturated heterocycles. The summed E-state index contributed by atoms with van der Waals surface area (Å²) in [4.78, 5) is 2.20. The number of hydrogen-bond donors (Lipinski definition) is 2. The van der Waals surface area contributed by atoms with Gasteiger partial charge in [0, 0.05) is 25.3 Å².